The lowest BCUT2D eigenvalue weighted by atomic mass is 10.2. The molecule has 1 fully saturated rings. The third kappa shape index (κ3) is 3.42. The Morgan fingerprint density at radius 1 is 1.14 bits per heavy atom. The monoisotopic (exact) mass is 385 g/mol. The highest BCUT2D eigenvalue weighted by Gasteiger charge is 2.25. The summed E-state index contributed by atoms with van der Waals surface area (Å²) in [4.78, 5) is 27.3. The molecule has 1 amide bonds. The zero-order valence-electron chi connectivity index (χ0n) is 16.1. The molecule has 28 heavy (non-hydrogen) atoms. The highest BCUT2D eigenvalue weighted by molar-refractivity contribution is 5.79. The summed E-state index contributed by atoms with van der Waals surface area (Å²) in [6.45, 7) is 5.47. The van der Waals surface area contributed by atoms with E-state index in [1.165, 1.54) is 12.1 Å². The first-order valence-electron chi connectivity index (χ1n) is 9.66. The number of hydrogen-bond donors (Lipinski definition) is 0. The molecule has 0 spiro atoms. The van der Waals surface area contributed by atoms with E-state index in [1.54, 1.807) is 33.4 Å². The van der Waals surface area contributed by atoms with Gasteiger partial charge in [0.25, 0.3) is 5.56 Å². The summed E-state index contributed by atoms with van der Waals surface area (Å²) >= 11 is 0. The topological polar surface area (TPSA) is 56.0 Å². The standard InChI is InChI=1S/C21H24FN3O3/c1-14-12-23(13-15(2)28-14)20(26)6-4-10-25-19-11-16(22)7-8-17(19)24-9-3-5-18(24)21(25)27/h3,5,7-9,11,14-15H,4,6,10,12-13H2,1-2H3/t14-,15-/m0/s1. The predicted octanol–water partition coefficient (Wildman–Crippen LogP) is 2.81. The van der Waals surface area contributed by atoms with Crippen molar-refractivity contribution in [3.05, 3.63) is 52.7 Å². The Bertz CT molecular complexity index is 1080. The molecule has 0 saturated carbocycles. The first-order chi connectivity index (χ1) is 13.4. The quantitative estimate of drug-likeness (QED) is 0.694. The molecule has 6 nitrogen and oxygen atoms in total. The molecule has 4 rings (SSSR count). The number of carbonyl (C=O) groups is 1. The van der Waals surface area contributed by atoms with E-state index in [-0.39, 0.29) is 29.5 Å². The minimum atomic E-state index is -0.389. The molecule has 2 atom stereocenters. The van der Waals surface area contributed by atoms with Crippen molar-refractivity contribution >= 4 is 22.5 Å². The van der Waals surface area contributed by atoms with Gasteiger partial charge >= 0.3 is 0 Å². The third-order valence-corrected chi connectivity index (χ3v) is 5.25. The van der Waals surface area contributed by atoms with E-state index in [4.69, 9.17) is 4.74 Å². The summed E-state index contributed by atoms with van der Waals surface area (Å²) in [7, 11) is 0. The molecule has 0 bridgehead atoms. The van der Waals surface area contributed by atoms with Crippen molar-refractivity contribution in [2.45, 2.75) is 45.4 Å². The maximum Gasteiger partial charge on any atom is 0.275 e. The van der Waals surface area contributed by atoms with Crippen LogP contribution in [0.1, 0.15) is 26.7 Å². The Hall–Kier alpha value is -2.67. The van der Waals surface area contributed by atoms with E-state index in [0.29, 0.717) is 43.5 Å². The zero-order chi connectivity index (χ0) is 19.8. The summed E-state index contributed by atoms with van der Waals surface area (Å²) < 4.78 is 22.9. The molecule has 1 aliphatic heterocycles. The summed E-state index contributed by atoms with van der Waals surface area (Å²) in [5, 5.41) is 0. The van der Waals surface area contributed by atoms with Gasteiger partial charge in [0.1, 0.15) is 11.3 Å². The minimum Gasteiger partial charge on any atom is -0.372 e. The molecule has 0 radical (unpaired) electrons. The Morgan fingerprint density at radius 2 is 1.89 bits per heavy atom. The van der Waals surface area contributed by atoms with Crippen LogP contribution in [0.25, 0.3) is 16.6 Å². The van der Waals surface area contributed by atoms with E-state index >= 15 is 0 Å². The molecule has 0 unspecified atom stereocenters. The van der Waals surface area contributed by atoms with Crippen molar-refractivity contribution in [2.75, 3.05) is 13.1 Å². The second-order valence-electron chi connectivity index (χ2n) is 7.51. The fourth-order valence-corrected chi connectivity index (χ4v) is 4.08. The van der Waals surface area contributed by atoms with Gasteiger partial charge in [-0.25, -0.2) is 4.39 Å². The Morgan fingerprint density at radius 3 is 2.64 bits per heavy atom. The number of ether oxygens (including phenoxy) is 1. The van der Waals surface area contributed by atoms with Gasteiger partial charge in [-0.3, -0.25) is 9.59 Å². The number of amides is 1. The van der Waals surface area contributed by atoms with E-state index in [1.807, 2.05) is 18.7 Å². The number of benzene rings is 1. The smallest absolute Gasteiger partial charge is 0.275 e. The Balaban J connectivity index is 1.56. The number of nitrogens with zero attached hydrogens (tertiary/aromatic N) is 3. The van der Waals surface area contributed by atoms with E-state index in [9.17, 15) is 14.0 Å². The average molecular weight is 385 g/mol. The molecule has 1 saturated heterocycles. The number of aromatic nitrogens is 2. The maximum absolute atomic E-state index is 13.8. The summed E-state index contributed by atoms with van der Waals surface area (Å²) in [5.41, 5.74) is 1.67. The summed E-state index contributed by atoms with van der Waals surface area (Å²) in [6.07, 6.45) is 2.71. The van der Waals surface area contributed by atoms with Gasteiger partial charge in [0, 0.05) is 32.3 Å². The fraction of sp³-hybridized carbons (Fsp3) is 0.429. The number of fused-ring (bicyclic) bond motifs is 3. The van der Waals surface area contributed by atoms with Crippen LogP contribution in [0.5, 0.6) is 0 Å². The lowest BCUT2D eigenvalue weighted by Crippen LogP contribution is -2.48. The van der Waals surface area contributed by atoms with Crippen molar-refractivity contribution in [1.29, 1.82) is 0 Å². The van der Waals surface area contributed by atoms with Crippen molar-refractivity contribution in [2.24, 2.45) is 0 Å². The first-order valence-corrected chi connectivity index (χ1v) is 9.66. The molecule has 2 aromatic heterocycles. The SMILES string of the molecule is C[C@H]1CN(C(=O)CCCn2c(=O)c3cccn3c3ccc(F)cc32)C[C@H](C)O1. The van der Waals surface area contributed by atoms with Crippen LogP contribution >= 0.6 is 0 Å². The zero-order valence-corrected chi connectivity index (χ0v) is 16.1. The molecule has 3 aromatic rings. The summed E-state index contributed by atoms with van der Waals surface area (Å²) in [6, 6.07) is 8.00. The molecular formula is C21H24FN3O3. The molecule has 1 aromatic carbocycles. The van der Waals surface area contributed by atoms with Crippen molar-refractivity contribution in [1.82, 2.24) is 13.9 Å². The van der Waals surface area contributed by atoms with E-state index < -0.39 is 0 Å². The lowest BCUT2D eigenvalue weighted by Gasteiger charge is -2.35. The van der Waals surface area contributed by atoms with E-state index in [2.05, 4.69) is 0 Å². The molecule has 3 heterocycles. The number of aryl methyl sites for hydroxylation is 1. The largest absolute Gasteiger partial charge is 0.372 e. The van der Waals surface area contributed by atoms with Gasteiger partial charge < -0.3 is 18.6 Å². The number of morpholine rings is 1. The minimum absolute atomic E-state index is 0.0269. The van der Waals surface area contributed by atoms with Crippen LogP contribution in [-0.4, -0.2) is 45.1 Å². The van der Waals surface area contributed by atoms with Gasteiger partial charge in [0.05, 0.1) is 23.2 Å². The van der Waals surface area contributed by atoms with Crippen LogP contribution < -0.4 is 5.56 Å². The molecular weight excluding hydrogens is 361 g/mol. The van der Waals surface area contributed by atoms with Gasteiger partial charge in [-0.1, -0.05) is 0 Å². The van der Waals surface area contributed by atoms with Gasteiger partial charge in [-0.2, -0.15) is 0 Å². The van der Waals surface area contributed by atoms with Gasteiger partial charge in [0.2, 0.25) is 5.91 Å². The van der Waals surface area contributed by atoms with Crippen LogP contribution in [0.15, 0.2) is 41.3 Å². The van der Waals surface area contributed by atoms with Crippen LogP contribution in [0.4, 0.5) is 4.39 Å². The Kier molecular flexibility index (Phi) is 4.93. The second kappa shape index (κ2) is 7.39. The molecule has 0 N–H and O–H groups in total. The van der Waals surface area contributed by atoms with Crippen LogP contribution in [0.2, 0.25) is 0 Å². The Labute approximate surface area is 162 Å². The van der Waals surface area contributed by atoms with Crippen molar-refractivity contribution < 1.29 is 13.9 Å². The second-order valence-corrected chi connectivity index (χ2v) is 7.51. The molecule has 0 aliphatic carbocycles. The number of halogens is 1. The first kappa shape index (κ1) is 18.7. The fourth-order valence-electron chi connectivity index (χ4n) is 4.08. The highest BCUT2D eigenvalue weighted by Crippen LogP contribution is 2.18. The lowest BCUT2D eigenvalue weighted by molar-refractivity contribution is -0.143. The average Bonchev–Trinajstić information content (AvgIpc) is 3.13. The predicted molar refractivity (Wildman–Crippen MR) is 105 cm³/mol. The maximum atomic E-state index is 13.8. The van der Waals surface area contributed by atoms with Crippen molar-refractivity contribution in [3.63, 3.8) is 0 Å². The normalized spacial score (nSPS) is 20.2. The van der Waals surface area contributed by atoms with Crippen LogP contribution in [0, 0.1) is 5.82 Å². The van der Waals surface area contributed by atoms with Crippen molar-refractivity contribution in [3.8, 4) is 0 Å². The van der Waals surface area contributed by atoms with Gasteiger partial charge in [-0.15, -0.1) is 0 Å². The van der Waals surface area contributed by atoms with Gasteiger partial charge in [-0.05, 0) is 50.6 Å². The summed E-state index contributed by atoms with van der Waals surface area (Å²) in [5.74, 6) is -0.325. The number of carbonyl (C=O) groups excluding carboxylic acids is 1. The van der Waals surface area contributed by atoms with E-state index in [0.717, 1.165) is 5.52 Å². The molecule has 7 heteroatoms. The highest BCUT2D eigenvalue weighted by atomic mass is 19.1. The number of hydrogen-bond acceptors (Lipinski definition) is 3. The third-order valence-electron chi connectivity index (χ3n) is 5.25. The molecule has 1 aliphatic rings. The number of rotatable bonds is 4. The van der Waals surface area contributed by atoms with Gasteiger partial charge in [0.15, 0.2) is 0 Å². The molecule has 148 valence electrons. The van der Waals surface area contributed by atoms with Crippen LogP contribution in [0.3, 0.4) is 0 Å². The van der Waals surface area contributed by atoms with Crippen LogP contribution in [-0.2, 0) is 16.1 Å².